The Hall–Kier alpha value is -3.71. The summed E-state index contributed by atoms with van der Waals surface area (Å²) in [7, 11) is 1.61. The molecule has 3 aromatic carbocycles. The van der Waals surface area contributed by atoms with Gasteiger partial charge < -0.3 is 9.47 Å². The molecule has 1 atom stereocenters. The maximum Gasteiger partial charge on any atom is 0.339 e. The molecule has 1 aliphatic heterocycles. The van der Waals surface area contributed by atoms with Crippen molar-refractivity contribution in [3.05, 3.63) is 89.5 Å². The number of nitrogens with zero attached hydrogens (tertiary/aromatic N) is 2. The van der Waals surface area contributed by atoms with Crippen LogP contribution < -0.4 is 9.64 Å². The fourth-order valence-electron chi connectivity index (χ4n) is 3.78. The van der Waals surface area contributed by atoms with Crippen molar-refractivity contribution in [3.63, 3.8) is 0 Å². The molecule has 0 N–H and O–H groups in total. The molecule has 1 aliphatic rings. The molecule has 0 radical (unpaired) electrons. The van der Waals surface area contributed by atoms with Crippen LogP contribution in [0.4, 0.5) is 5.13 Å². The first kappa shape index (κ1) is 20.2. The van der Waals surface area contributed by atoms with Crippen molar-refractivity contribution in [2.45, 2.75) is 19.1 Å². The summed E-state index contributed by atoms with van der Waals surface area (Å²) in [6.07, 6.45) is -0.562. The Bertz CT molecular complexity index is 1300. The van der Waals surface area contributed by atoms with Crippen molar-refractivity contribution in [2.24, 2.45) is 0 Å². The number of fused-ring (bicyclic) bond motifs is 2. The van der Waals surface area contributed by atoms with Crippen LogP contribution in [0.2, 0.25) is 0 Å². The number of hydrogen-bond acceptors (Lipinski definition) is 6. The van der Waals surface area contributed by atoms with E-state index in [1.807, 2.05) is 60.7 Å². The number of anilines is 1. The molecular formula is C25H20N2O4S. The number of rotatable bonds is 5. The van der Waals surface area contributed by atoms with Gasteiger partial charge in [-0.1, -0.05) is 59.9 Å². The van der Waals surface area contributed by atoms with Crippen molar-refractivity contribution in [2.75, 3.05) is 12.0 Å². The molecule has 0 saturated carbocycles. The van der Waals surface area contributed by atoms with Crippen LogP contribution in [0.5, 0.6) is 5.75 Å². The monoisotopic (exact) mass is 444 g/mol. The number of carbonyl (C=O) groups is 2. The van der Waals surface area contributed by atoms with E-state index >= 15 is 0 Å². The predicted molar refractivity (Wildman–Crippen MR) is 123 cm³/mol. The summed E-state index contributed by atoms with van der Waals surface area (Å²) < 4.78 is 11.8. The summed E-state index contributed by atoms with van der Waals surface area (Å²) in [5, 5.41) is 0.553. The standard InChI is InChI=1S/C25H20N2O4S/c1-30-18-11-12-20-22(14-18)32-25(26-20)27(15-16-7-3-2-4-8-16)23(28)21-13-17-9-5-6-10-19(17)24(29)31-21/h2-12,14,21H,13,15H2,1H3/t21-/m0/s1. The summed E-state index contributed by atoms with van der Waals surface area (Å²) in [4.78, 5) is 32.5. The van der Waals surface area contributed by atoms with E-state index in [-0.39, 0.29) is 5.91 Å². The van der Waals surface area contributed by atoms with Gasteiger partial charge in [0, 0.05) is 6.42 Å². The Morgan fingerprint density at radius 2 is 1.91 bits per heavy atom. The van der Waals surface area contributed by atoms with Crippen LogP contribution in [0.1, 0.15) is 21.5 Å². The quantitative estimate of drug-likeness (QED) is 0.420. The molecule has 0 spiro atoms. The van der Waals surface area contributed by atoms with E-state index in [2.05, 4.69) is 0 Å². The van der Waals surface area contributed by atoms with Crippen LogP contribution in [-0.2, 0) is 22.5 Å². The minimum atomic E-state index is -0.900. The number of esters is 1. The highest BCUT2D eigenvalue weighted by Crippen LogP contribution is 2.33. The molecular weight excluding hydrogens is 424 g/mol. The minimum absolute atomic E-state index is 0.289. The van der Waals surface area contributed by atoms with E-state index in [1.165, 1.54) is 11.3 Å². The summed E-state index contributed by atoms with van der Waals surface area (Å²) in [6.45, 7) is 0.326. The Morgan fingerprint density at radius 3 is 2.72 bits per heavy atom. The number of hydrogen-bond donors (Lipinski definition) is 0. The molecule has 1 aromatic heterocycles. The van der Waals surface area contributed by atoms with Gasteiger partial charge in [-0.05, 0) is 35.4 Å². The van der Waals surface area contributed by atoms with Gasteiger partial charge in [0.15, 0.2) is 11.2 Å². The fraction of sp³-hybridized carbons (Fsp3) is 0.160. The first-order chi connectivity index (χ1) is 15.6. The third-order valence-corrected chi connectivity index (χ3v) is 6.47. The van der Waals surface area contributed by atoms with Gasteiger partial charge >= 0.3 is 5.97 Å². The van der Waals surface area contributed by atoms with E-state index < -0.39 is 12.1 Å². The summed E-state index contributed by atoms with van der Waals surface area (Å²) in [5.41, 5.74) is 3.07. The molecule has 4 aromatic rings. The van der Waals surface area contributed by atoms with Crippen LogP contribution in [0.15, 0.2) is 72.8 Å². The SMILES string of the molecule is COc1ccc2nc(N(Cc3ccccc3)C(=O)[C@@H]3Cc4ccccc4C(=O)O3)sc2c1. The van der Waals surface area contributed by atoms with E-state index in [0.717, 1.165) is 27.1 Å². The second kappa shape index (κ2) is 8.43. The zero-order valence-electron chi connectivity index (χ0n) is 17.4. The van der Waals surface area contributed by atoms with Gasteiger partial charge in [-0.3, -0.25) is 9.69 Å². The first-order valence-electron chi connectivity index (χ1n) is 10.2. The number of cyclic esters (lactones) is 1. The zero-order chi connectivity index (χ0) is 22.1. The van der Waals surface area contributed by atoms with Gasteiger partial charge in [0.2, 0.25) is 0 Å². The molecule has 1 amide bonds. The molecule has 32 heavy (non-hydrogen) atoms. The highest BCUT2D eigenvalue weighted by molar-refractivity contribution is 7.22. The highest BCUT2D eigenvalue weighted by atomic mass is 32.1. The van der Waals surface area contributed by atoms with Crippen LogP contribution in [0, 0.1) is 0 Å². The average molecular weight is 445 g/mol. The van der Waals surface area contributed by atoms with Gasteiger partial charge in [0.05, 0.1) is 29.4 Å². The molecule has 0 bridgehead atoms. The second-order valence-corrected chi connectivity index (χ2v) is 8.50. The predicted octanol–water partition coefficient (Wildman–Crippen LogP) is 4.62. The number of ether oxygens (including phenoxy) is 2. The third-order valence-electron chi connectivity index (χ3n) is 5.43. The van der Waals surface area contributed by atoms with E-state index in [0.29, 0.717) is 23.7 Å². The first-order valence-corrected chi connectivity index (χ1v) is 11.0. The van der Waals surface area contributed by atoms with Gasteiger partial charge in [0.25, 0.3) is 5.91 Å². The number of thiazole rings is 1. The van der Waals surface area contributed by atoms with Crippen LogP contribution in [0.25, 0.3) is 10.2 Å². The van der Waals surface area contributed by atoms with Crippen molar-refractivity contribution < 1.29 is 19.1 Å². The average Bonchev–Trinajstić information content (AvgIpc) is 3.25. The van der Waals surface area contributed by atoms with E-state index in [4.69, 9.17) is 14.5 Å². The fourth-order valence-corrected chi connectivity index (χ4v) is 4.78. The maximum absolute atomic E-state index is 13.6. The third kappa shape index (κ3) is 3.83. The summed E-state index contributed by atoms with van der Waals surface area (Å²) in [5.74, 6) is -0.0342. The molecule has 2 heterocycles. The van der Waals surface area contributed by atoms with Gasteiger partial charge in [-0.25, -0.2) is 9.78 Å². The number of aromatic nitrogens is 1. The summed E-state index contributed by atoms with van der Waals surface area (Å²) >= 11 is 1.41. The smallest absolute Gasteiger partial charge is 0.339 e. The Morgan fingerprint density at radius 1 is 1.12 bits per heavy atom. The molecule has 0 fully saturated rings. The van der Waals surface area contributed by atoms with Crippen LogP contribution in [0.3, 0.4) is 0 Å². The molecule has 0 aliphatic carbocycles. The van der Waals surface area contributed by atoms with Gasteiger partial charge in [0.1, 0.15) is 5.75 Å². The second-order valence-electron chi connectivity index (χ2n) is 7.50. The van der Waals surface area contributed by atoms with Crippen molar-refractivity contribution in [3.8, 4) is 5.75 Å². The maximum atomic E-state index is 13.6. The van der Waals surface area contributed by atoms with E-state index in [1.54, 1.807) is 24.1 Å². The molecule has 0 saturated heterocycles. The van der Waals surface area contributed by atoms with Crippen molar-refractivity contribution in [1.29, 1.82) is 0 Å². The van der Waals surface area contributed by atoms with Crippen LogP contribution >= 0.6 is 11.3 Å². The van der Waals surface area contributed by atoms with Crippen molar-refractivity contribution in [1.82, 2.24) is 4.98 Å². The Balaban J connectivity index is 1.51. The van der Waals surface area contributed by atoms with Gasteiger partial charge in [-0.2, -0.15) is 0 Å². The normalized spacial score (nSPS) is 15.2. The molecule has 5 rings (SSSR count). The topological polar surface area (TPSA) is 68.7 Å². The molecule has 6 nitrogen and oxygen atoms in total. The molecule has 0 unspecified atom stereocenters. The van der Waals surface area contributed by atoms with Crippen molar-refractivity contribution >= 4 is 38.6 Å². The van der Waals surface area contributed by atoms with E-state index in [9.17, 15) is 9.59 Å². The van der Waals surface area contributed by atoms with Crippen LogP contribution in [-0.4, -0.2) is 30.1 Å². The zero-order valence-corrected chi connectivity index (χ0v) is 18.2. The summed E-state index contributed by atoms with van der Waals surface area (Å²) in [6, 6.07) is 22.6. The lowest BCUT2D eigenvalue weighted by molar-refractivity contribution is -0.127. The number of amides is 1. The number of carbonyl (C=O) groups excluding carboxylic acids is 2. The molecule has 7 heteroatoms. The lowest BCUT2D eigenvalue weighted by Gasteiger charge is -2.28. The number of benzene rings is 3. The highest BCUT2D eigenvalue weighted by Gasteiger charge is 2.35. The Kier molecular flexibility index (Phi) is 5.33. The lowest BCUT2D eigenvalue weighted by Crippen LogP contribution is -2.44. The largest absolute Gasteiger partial charge is 0.497 e. The Labute approximate surface area is 189 Å². The number of methoxy groups -OCH3 is 1. The lowest BCUT2D eigenvalue weighted by atomic mass is 9.98. The van der Waals surface area contributed by atoms with Gasteiger partial charge in [-0.15, -0.1) is 0 Å². The minimum Gasteiger partial charge on any atom is -0.497 e. The molecule has 160 valence electrons.